The van der Waals surface area contributed by atoms with Crippen molar-refractivity contribution in [1.82, 2.24) is 4.90 Å². The molecule has 1 aliphatic heterocycles. The Morgan fingerprint density at radius 3 is 2.70 bits per heavy atom. The second kappa shape index (κ2) is 5.94. The minimum Gasteiger partial charge on any atom is -0.373 e. The predicted octanol–water partition coefficient (Wildman–Crippen LogP) is 0.993. The summed E-state index contributed by atoms with van der Waals surface area (Å²) in [5.41, 5.74) is 7.37. The van der Waals surface area contributed by atoms with Crippen molar-refractivity contribution < 1.29 is 9.59 Å². The van der Waals surface area contributed by atoms with Crippen LogP contribution in [0.25, 0.3) is 0 Å². The molecule has 0 spiro atoms. The number of primary amides is 1. The monoisotopic (exact) mass is 275 g/mol. The third-order valence-electron chi connectivity index (χ3n) is 3.31. The molecule has 1 atom stereocenters. The first-order valence-corrected chi connectivity index (χ1v) is 6.89. The number of benzene rings is 1. The number of anilines is 1. The summed E-state index contributed by atoms with van der Waals surface area (Å²) in [4.78, 5) is 25.2. The molecule has 1 aromatic rings. The first-order valence-electron chi connectivity index (χ1n) is 6.89. The van der Waals surface area contributed by atoms with Crippen LogP contribution >= 0.6 is 0 Å². The van der Waals surface area contributed by atoms with Gasteiger partial charge in [-0.05, 0) is 17.5 Å². The summed E-state index contributed by atoms with van der Waals surface area (Å²) >= 11 is 0. The average molecular weight is 275 g/mol. The molecule has 3 N–H and O–H groups in total. The number of carbonyl (C=O) groups excluding carboxylic acids is 2. The second-order valence-electron chi connectivity index (χ2n) is 5.64. The van der Waals surface area contributed by atoms with Gasteiger partial charge in [-0.15, -0.1) is 0 Å². The summed E-state index contributed by atoms with van der Waals surface area (Å²) in [7, 11) is 0. The Morgan fingerprint density at radius 1 is 1.40 bits per heavy atom. The van der Waals surface area contributed by atoms with Crippen molar-refractivity contribution in [3.05, 3.63) is 29.8 Å². The zero-order valence-electron chi connectivity index (χ0n) is 11.9. The van der Waals surface area contributed by atoms with Crippen molar-refractivity contribution >= 4 is 17.5 Å². The number of fused-ring (bicyclic) bond motifs is 1. The van der Waals surface area contributed by atoms with Gasteiger partial charge in [0.05, 0.1) is 6.54 Å². The van der Waals surface area contributed by atoms with E-state index in [1.54, 1.807) is 4.90 Å². The van der Waals surface area contributed by atoms with Gasteiger partial charge in [-0.1, -0.05) is 32.0 Å². The number of nitrogens with two attached hydrogens (primary N) is 1. The molecular formula is C15H21N3O2. The van der Waals surface area contributed by atoms with Crippen LogP contribution in [0.5, 0.6) is 0 Å². The Bertz CT molecular complexity index is 489. The second-order valence-corrected chi connectivity index (χ2v) is 5.64. The molecule has 1 heterocycles. The van der Waals surface area contributed by atoms with Crippen molar-refractivity contribution in [2.75, 3.05) is 18.4 Å². The van der Waals surface area contributed by atoms with Crippen molar-refractivity contribution in [2.24, 2.45) is 11.7 Å². The van der Waals surface area contributed by atoms with E-state index >= 15 is 0 Å². The topological polar surface area (TPSA) is 75.4 Å². The molecule has 2 rings (SSSR count). The van der Waals surface area contributed by atoms with Crippen molar-refractivity contribution in [3.8, 4) is 0 Å². The van der Waals surface area contributed by atoms with Gasteiger partial charge in [-0.2, -0.15) is 0 Å². The van der Waals surface area contributed by atoms with Gasteiger partial charge in [-0.3, -0.25) is 9.59 Å². The van der Waals surface area contributed by atoms with Crippen LogP contribution in [0, 0.1) is 5.92 Å². The summed E-state index contributed by atoms with van der Waals surface area (Å²) in [6, 6.07) is 7.57. The van der Waals surface area contributed by atoms with Crippen LogP contribution in [0.15, 0.2) is 24.3 Å². The molecule has 5 nitrogen and oxygen atoms in total. The van der Waals surface area contributed by atoms with Gasteiger partial charge in [0.25, 0.3) is 0 Å². The Labute approximate surface area is 119 Å². The Kier molecular flexibility index (Phi) is 4.27. The van der Waals surface area contributed by atoms with E-state index in [1.165, 1.54) is 0 Å². The molecule has 1 aromatic carbocycles. The minimum atomic E-state index is -0.477. The quantitative estimate of drug-likeness (QED) is 0.841. The number of hydrogen-bond donors (Lipinski definition) is 2. The molecule has 20 heavy (non-hydrogen) atoms. The maximum absolute atomic E-state index is 12.5. The minimum absolute atomic E-state index is 0.0223. The fourth-order valence-corrected chi connectivity index (χ4v) is 2.53. The molecule has 2 amide bonds. The summed E-state index contributed by atoms with van der Waals surface area (Å²) in [5.74, 6) is -0.245. The van der Waals surface area contributed by atoms with Gasteiger partial charge in [-0.25, -0.2) is 0 Å². The zero-order valence-corrected chi connectivity index (χ0v) is 11.9. The lowest BCUT2D eigenvalue weighted by Gasteiger charge is -2.26. The van der Waals surface area contributed by atoms with E-state index in [9.17, 15) is 9.59 Å². The highest BCUT2D eigenvalue weighted by atomic mass is 16.2. The van der Waals surface area contributed by atoms with Crippen LogP contribution in [0.4, 0.5) is 5.69 Å². The van der Waals surface area contributed by atoms with E-state index in [4.69, 9.17) is 5.73 Å². The maximum Gasteiger partial charge on any atom is 0.245 e. The third kappa shape index (κ3) is 3.29. The molecule has 1 aliphatic rings. The first-order chi connectivity index (χ1) is 9.47. The Morgan fingerprint density at radius 2 is 2.10 bits per heavy atom. The number of nitrogens with zero attached hydrogens (tertiary/aromatic N) is 1. The largest absolute Gasteiger partial charge is 0.373 e. The standard InChI is InChI=1S/C15H21N3O2/c1-10(2)8-18(9-14(16)19)15(20)13-7-11-5-3-4-6-12(11)17-13/h3-6,10,13,17H,7-9H2,1-2H3,(H2,16,19). The summed E-state index contributed by atoms with van der Waals surface area (Å²) in [6.07, 6.45) is 0.655. The predicted molar refractivity (Wildman–Crippen MR) is 78.2 cm³/mol. The van der Waals surface area contributed by atoms with E-state index in [-0.39, 0.29) is 18.5 Å². The van der Waals surface area contributed by atoms with Crippen LogP contribution < -0.4 is 11.1 Å². The van der Waals surface area contributed by atoms with Gasteiger partial charge in [0.15, 0.2) is 0 Å². The first kappa shape index (κ1) is 14.4. The van der Waals surface area contributed by atoms with Crippen molar-refractivity contribution in [2.45, 2.75) is 26.3 Å². The normalized spacial score (nSPS) is 16.6. The molecular weight excluding hydrogens is 254 g/mol. The van der Waals surface area contributed by atoms with E-state index in [0.717, 1.165) is 11.3 Å². The van der Waals surface area contributed by atoms with E-state index in [2.05, 4.69) is 5.32 Å². The number of amides is 2. The molecule has 5 heteroatoms. The summed E-state index contributed by atoms with van der Waals surface area (Å²) < 4.78 is 0. The highest BCUT2D eigenvalue weighted by Gasteiger charge is 2.30. The lowest BCUT2D eigenvalue weighted by atomic mass is 10.1. The molecule has 0 saturated heterocycles. The zero-order chi connectivity index (χ0) is 14.7. The van der Waals surface area contributed by atoms with Crippen molar-refractivity contribution in [3.63, 3.8) is 0 Å². The number of nitrogens with one attached hydrogen (secondary N) is 1. The van der Waals surface area contributed by atoms with Gasteiger partial charge in [0, 0.05) is 18.7 Å². The number of rotatable bonds is 5. The van der Waals surface area contributed by atoms with Gasteiger partial charge in [0.1, 0.15) is 6.04 Å². The van der Waals surface area contributed by atoms with Gasteiger partial charge < -0.3 is 16.0 Å². The molecule has 108 valence electrons. The fourth-order valence-electron chi connectivity index (χ4n) is 2.53. The van der Waals surface area contributed by atoms with E-state index < -0.39 is 5.91 Å². The number of hydrogen-bond acceptors (Lipinski definition) is 3. The maximum atomic E-state index is 12.5. The lowest BCUT2D eigenvalue weighted by molar-refractivity contribution is -0.136. The van der Waals surface area contributed by atoms with Crippen LogP contribution in [-0.4, -0.2) is 35.8 Å². The lowest BCUT2D eigenvalue weighted by Crippen LogP contribution is -2.47. The fraction of sp³-hybridized carbons (Fsp3) is 0.467. The van der Waals surface area contributed by atoms with Crippen LogP contribution in [0.2, 0.25) is 0 Å². The summed E-state index contributed by atoms with van der Waals surface area (Å²) in [5, 5.41) is 3.22. The molecule has 1 unspecified atom stereocenters. The number of para-hydroxylation sites is 1. The number of carbonyl (C=O) groups is 2. The Hall–Kier alpha value is -2.04. The van der Waals surface area contributed by atoms with Gasteiger partial charge in [0.2, 0.25) is 11.8 Å². The highest BCUT2D eigenvalue weighted by molar-refractivity contribution is 5.90. The molecule has 0 saturated carbocycles. The van der Waals surface area contributed by atoms with Crippen LogP contribution in [-0.2, 0) is 16.0 Å². The molecule has 0 bridgehead atoms. The van der Waals surface area contributed by atoms with Crippen LogP contribution in [0.3, 0.4) is 0 Å². The highest BCUT2D eigenvalue weighted by Crippen LogP contribution is 2.26. The average Bonchev–Trinajstić information content (AvgIpc) is 2.79. The van der Waals surface area contributed by atoms with Gasteiger partial charge >= 0.3 is 0 Å². The molecule has 0 aromatic heterocycles. The van der Waals surface area contributed by atoms with E-state index in [0.29, 0.717) is 18.9 Å². The smallest absolute Gasteiger partial charge is 0.245 e. The third-order valence-corrected chi connectivity index (χ3v) is 3.31. The summed E-state index contributed by atoms with van der Waals surface area (Å²) in [6.45, 7) is 4.54. The van der Waals surface area contributed by atoms with Crippen molar-refractivity contribution in [1.29, 1.82) is 0 Å². The Balaban J connectivity index is 2.07. The molecule has 0 aliphatic carbocycles. The van der Waals surface area contributed by atoms with E-state index in [1.807, 2.05) is 38.1 Å². The SMILES string of the molecule is CC(C)CN(CC(N)=O)C(=O)C1Cc2ccccc2N1. The van der Waals surface area contributed by atoms with Crippen LogP contribution in [0.1, 0.15) is 19.4 Å². The molecule has 0 fully saturated rings. The molecule has 0 radical (unpaired) electrons.